The molecule has 2 aromatic heterocycles. The predicted octanol–water partition coefficient (Wildman–Crippen LogP) is 0.200. The van der Waals surface area contributed by atoms with E-state index in [1.165, 1.54) is 0 Å². The van der Waals surface area contributed by atoms with Gasteiger partial charge in [-0.1, -0.05) is 17.3 Å². The highest BCUT2D eigenvalue weighted by molar-refractivity contribution is 5.76. The minimum absolute atomic E-state index is 0.178. The van der Waals surface area contributed by atoms with Crippen molar-refractivity contribution in [1.82, 2.24) is 20.0 Å². The van der Waals surface area contributed by atoms with Gasteiger partial charge in [0.15, 0.2) is 0 Å². The maximum absolute atomic E-state index is 11.6. The van der Waals surface area contributed by atoms with Crippen molar-refractivity contribution >= 4 is 5.91 Å². The van der Waals surface area contributed by atoms with E-state index < -0.39 is 5.76 Å². The van der Waals surface area contributed by atoms with E-state index in [0.29, 0.717) is 12.2 Å². The van der Waals surface area contributed by atoms with E-state index >= 15 is 0 Å². The van der Waals surface area contributed by atoms with Crippen molar-refractivity contribution in [3.05, 3.63) is 47.6 Å². The van der Waals surface area contributed by atoms with Gasteiger partial charge in [-0.3, -0.25) is 14.3 Å². The number of carbonyl (C=O) groups excluding carboxylic acids is 1. The average Bonchev–Trinajstić information content (AvgIpc) is 2.79. The first kappa shape index (κ1) is 12.7. The highest BCUT2D eigenvalue weighted by atomic mass is 16.5. The molecule has 2 heterocycles. The summed E-state index contributed by atoms with van der Waals surface area (Å²) in [5.74, 6) is -0.809. The zero-order valence-corrected chi connectivity index (χ0v) is 10.1. The van der Waals surface area contributed by atoms with Gasteiger partial charge in [0.1, 0.15) is 12.2 Å². The van der Waals surface area contributed by atoms with Crippen LogP contribution < -0.4 is 11.1 Å². The van der Waals surface area contributed by atoms with Crippen molar-refractivity contribution in [2.24, 2.45) is 0 Å². The second kappa shape index (κ2) is 5.76. The third-order valence-corrected chi connectivity index (χ3v) is 2.33. The molecule has 98 valence electrons. The van der Waals surface area contributed by atoms with E-state index in [1.807, 2.05) is 0 Å². The van der Waals surface area contributed by atoms with Crippen LogP contribution in [0.1, 0.15) is 0 Å². The van der Waals surface area contributed by atoms with Crippen molar-refractivity contribution in [2.75, 3.05) is 6.54 Å². The Kier molecular flexibility index (Phi) is 3.87. The summed E-state index contributed by atoms with van der Waals surface area (Å²) >= 11 is 0. The van der Waals surface area contributed by atoms with Gasteiger partial charge in [-0.2, -0.15) is 0 Å². The number of amides is 1. The molecule has 0 atom stereocenters. The largest absolute Gasteiger partial charge is 0.442 e. The van der Waals surface area contributed by atoms with Gasteiger partial charge in [-0.25, -0.2) is 9.36 Å². The monoisotopic (exact) mass is 260 g/mol. The summed E-state index contributed by atoms with van der Waals surface area (Å²) < 4.78 is 5.70. The standard InChI is InChI=1S/C12H12N4O3/c1-2-6-14-10(17)8-16-11(15-19-12(16)18)9-5-3-4-7-13-9/h2-5,7H,1,6,8H2,(H,14,17). The van der Waals surface area contributed by atoms with Crippen LogP contribution in [0.4, 0.5) is 0 Å². The average molecular weight is 260 g/mol. The quantitative estimate of drug-likeness (QED) is 0.775. The number of carbonyl (C=O) groups is 1. The summed E-state index contributed by atoms with van der Waals surface area (Å²) in [4.78, 5) is 27.2. The highest BCUT2D eigenvalue weighted by Crippen LogP contribution is 2.11. The molecule has 0 unspecified atom stereocenters. The van der Waals surface area contributed by atoms with Crippen LogP contribution in [0.2, 0.25) is 0 Å². The molecule has 0 spiro atoms. The minimum atomic E-state index is -0.700. The molecule has 0 radical (unpaired) electrons. The molecular weight excluding hydrogens is 248 g/mol. The molecule has 0 bridgehead atoms. The number of nitrogens with zero attached hydrogens (tertiary/aromatic N) is 3. The van der Waals surface area contributed by atoms with E-state index in [1.54, 1.807) is 30.5 Å². The fraction of sp³-hybridized carbons (Fsp3) is 0.167. The van der Waals surface area contributed by atoms with Gasteiger partial charge in [0.25, 0.3) is 0 Å². The number of rotatable bonds is 5. The summed E-state index contributed by atoms with van der Waals surface area (Å²) in [5, 5.41) is 6.20. The third-order valence-electron chi connectivity index (χ3n) is 2.33. The fourth-order valence-electron chi connectivity index (χ4n) is 1.47. The zero-order valence-electron chi connectivity index (χ0n) is 10.1. The number of hydrogen-bond donors (Lipinski definition) is 1. The van der Waals surface area contributed by atoms with Gasteiger partial charge in [0, 0.05) is 12.7 Å². The third kappa shape index (κ3) is 2.95. The van der Waals surface area contributed by atoms with E-state index in [9.17, 15) is 9.59 Å². The Labute approximate surface area is 108 Å². The Balaban J connectivity index is 2.26. The first-order chi connectivity index (χ1) is 9.22. The molecule has 0 fully saturated rings. The lowest BCUT2D eigenvalue weighted by Crippen LogP contribution is -2.31. The van der Waals surface area contributed by atoms with Crippen LogP contribution in [0.3, 0.4) is 0 Å². The molecule has 1 N–H and O–H groups in total. The van der Waals surface area contributed by atoms with Crippen molar-refractivity contribution in [2.45, 2.75) is 6.54 Å². The van der Waals surface area contributed by atoms with Crippen LogP contribution in [0.5, 0.6) is 0 Å². The highest BCUT2D eigenvalue weighted by Gasteiger charge is 2.15. The molecule has 2 aromatic rings. The van der Waals surface area contributed by atoms with Gasteiger partial charge in [0.05, 0.1) is 0 Å². The molecule has 0 aliphatic carbocycles. The van der Waals surface area contributed by atoms with Crippen LogP contribution in [-0.2, 0) is 11.3 Å². The van der Waals surface area contributed by atoms with Gasteiger partial charge < -0.3 is 5.32 Å². The van der Waals surface area contributed by atoms with Crippen LogP contribution in [0.15, 0.2) is 46.4 Å². The van der Waals surface area contributed by atoms with Crippen molar-refractivity contribution in [1.29, 1.82) is 0 Å². The zero-order chi connectivity index (χ0) is 13.7. The number of aromatic nitrogens is 3. The molecule has 19 heavy (non-hydrogen) atoms. The molecule has 0 saturated carbocycles. The van der Waals surface area contributed by atoms with Crippen molar-refractivity contribution < 1.29 is 9.32 Å². The summed E-state index contributed by atoms with van der Waals surface area (Å²) in [7, 11) is 0. The van der Waals surface area contributed by atoms with Crippen LogP contribution in [-0.4, -0.2) is 27.2 Å². The molecule has 7 nitrogen and oxygen atoms in total. The molecule has 0 aromatic carbocycles. The smallest absolute Gasteiger partial charge is 0.351 e. The van der Waals surface area contributed by atoms with Gasteiger partial charge in [-0.15, -0.1) is 6.58 Å². The van der Waals surface area contributed by atoms with Crippen molar-refractivity contribution in [3.8, 4) is 11.5 Å². The van der Waals surface area contributed by atoms with Crippen LogP contribution in [0, 0.1) is 0 Å². The van der Waals surface area contributed by atoms with Gasteiger partial charge in [-0.05, 0) is 12.1 Å². The number of pyridine rings is 1. The Morgan fingerprint density at radius 2 is 2.37 bits per heavy atom. The SMILES string of the molecule is C=CCNC(=O)Cn1c(-c2ccccn2)noc1=O. The van der Waals surface area contributed by atoms with E-state index in [0.717, 1.165) is 4.57 Å². The Morgan fingerprint density at radius 1 is 1.53 bits per heavy atom. The van der Waals surface area contributed by atoms with Crippen LogP contribution in [0.25, 0.3) is 11.5 Å². The second-order valence-corrected chi connectivity index (χ2v) is 3.67. The Hall–Kier alpha value is -2.70. The number of hydrogen-bond acceptors (Lipinski definition) is 5. The van der Waals surface area contributed by atoms with Crippen LogP contribution >= 0.6 is 0 Å². The molecule has 1 amide bonds. The lowest BCUT2D eigenvalue weighted by atomic mass is 10.3. The lowest BCUT2D eigenvalue weighted by molar-refractivity contribution is -0.121. The predicted molar refractivity (Wildman–Crippen MR) is 67.2 cm³/mol. The summed E-state index contributed by atoms with van der Waals surface area (Å²) in [6.07, 6.45) is 3.12. The number of nitrogens with one attached hydrogen (secondary N) is 1. The Bertz CT molecular complexity index is 630. The fourth-order valence-corrected chi connectivity index (χ4v) is 1.47. The van der Waals surface area contributed by atoms with Gasteiger partial charge >= 0.3 is 5.76 Å². The molecule has 0 aliphatic heterocycles. The first-order valence-corrected chi connectivity index (χ1v) is 5.58. The summed E-state index contributed by atoms with van der Waals surface area (Å²) in [6.45, 7) is 3.64. The topological polar surface area (TPSA) is 90.0 Å². The summed E-state index contributed by atoms with van der Waals surface area (Å²) in [6, 6.07) is 5.17. The minimum Gasteiger partial charge on any atom is -0.351 e. The molecule has 0 saturated heterocycles. The Morgan fingerprint density at radius 3 is 3.05 bits per heavy atom. The molecule has 2 rings (SSSR count). The normalized spacial score (nSPS) is 10.1. The maximum Gasteiger partial charge on any atom is 0.442 e. The molecule has 7 heteroatoms. The van der Waals surface area contributed by atoms with Gasteiger partial charge in [0.2, 0.25) is 11.7 Å². The maximum atomic E-state index is 11.6. The molecule has 0 aliphatic rings. The van der Waals surface area contributed by atoms with E-state index in [-0.39, 0.29) is 18.3 Å². The second-order valence-electron chi connectivity index (χ2n) is 3.67. The van der Waals surface area contributed by atoms with E-state index in [4.69, 9.17) is 0 Å². The summed E-state index contributed by atoms with van der Waals surface area (Å²) in [5.41, 5.74) is 0.463. The van der Waals surface area contributed by atoms with E-state index in [2.05, 4.69) is 26.6 Å². The van der Waals surface area contributed by atoms with Crippen molar-refractivity contribution in [3.63, 3.8) is 0 Å². The first-order valence-electron chi connectivity index (χ1n) is 5.58. The lowest BCUT2D eigenvalue weighted by Gasteiger charge is -2.04. The molecular formula is C12H12N4O3.